The summed E-state index contributed by atoms with van der Waals surface area (Å²) in [5, 5.41) is 0. The van der Waals surface area contributed by atoms with Gasteiger partial charge in [-0.3, -0.25) is 4.79 Å². The minimum Gasteiger partial charge on any atom is -0.334 e. The van der Waals surface area contributed by atoms with Gasteiger partial charge in [0.25, 0.3) is 5.91 Å². The highest BCUT2D eigenvalue weighted by molar-refractivity contribution is 5.92. The third-order valence-corrected chi connectivity index (χ3v) is 4.80. The molecule has 4 nitrogen and oxygen atoms in total. The highest BCUT2D eigenvalue weighted by Crippen LogP contribution is 2.32. The number of aromatic nitrogens is 2. The van der Waals surface area contributed by atoms with Gasteiger partial charge in [0.1, 0.15) is 5.69 Å². The Morgan fingerprint density at radius 3 is 2.57 bits per heavy atom. The molecule has 1 aliphatic heterocycles. The van der Waals surface area contributed by atoms with E-state index in [9.17, 15) is 4.79 Å². The molecule has 1 aliphatic rings. The number of hydrogen-bond donors (Lipinski definition) is 0. The van der Waals surface area contributed by atoms with Gasteiger partial charge in [0.05, 0.1) is 6.33 Å². The number of hydrogen-bond acceptors (Lipinski definition) is 2. The number of carbonyl (C=O) groups excluding carboxylic acids is 1. The zero-order valence-electron chi connectivity index (χ0n) is 14.4. The molecule has 0 spiro atoms. The molecule has 0 unspecified atom stereocenters. The third kappa shape index (κ3) is 3.16. The maximum absolute atomic E-state index is 12.8. The van der Waals surface area contributed by atoms with Crippen LogP contribution in [-0.2, 0) is 0 Å². The number of carbonyl (C=O) groups is 1. The summed E-state index contributed by atoms with van der Waals surface area (Å²) in [4.78, 5) is 19.0. The van der Waals surface area contributed by atoms with Gasteiger partial charge < -0.3 is 9.47 Å². The van der Waals surface area contributed by atoms with Crippen LogP contribution in [0.2, 0.25) is 0 Å². The lowest BCUT2D eigenvalue weighted by molar-refractivity contribution is 0.0740. The van der Waals surface area contributed by atoms with Crippen LogP contribution < -0.4 is 0 Å². The number of nitrogens with zero attached hydrogens (tertiary/aromatic N) is 3. The van der Waals surface area contributed by atoms with Crippen molar-refractivity contribution in [3.63, 3.8) is 0 Å². The monoisotopic (exact) mass is 311 g/mol. The van der Waals surface area contributed by atoms with Gasteiger partial charge in [-0.05, 0) is 39.7 Å². The average molecular weight is 311 g/mol. The first-order chi connectivity index (χ1) is 11.0. The molecule has 0 N–H and O–H groups in total. The summed E-state index contributed by atoms with van der Waals surface area (Å²) < 4.78 is 1.98. The van der Waals surface area contributed by atoms with Crippen molar-refractivity contribution in [3.05, 3.63) is 53.6 Å². The van der Waals surface area contributed by atoms with Crippen molar-refractivity contribution in [2.24, 2.45) is 0 Å². The zero-order chi connectivity index (χ0) is 16.6. The van der Waals surface area contributed by atoms with Crippen LogP contribution >= 0.6 is 0 Å². The fraction of sp³-hybridized carbons (Fsp3) is 0.474. The van der Waals surface area contributed by atoms with Crippen molar-refractivity contribution in [2.45, 2.75) is 52.1 Å². The largest absolute Gasteiger partial charge is 0.334 e. The van der Waals surface area contributed by atoms with Gasteiger partial charge in [-0.25, -0.2) is 4.98 Å². The highest BCUT2D eigenvalue weighted by Gasteiger charge is 2.34. The number of imidazole rings is 1. The fourth-order valence-corrected chi connectivity index (χ4v) is 3.27. The standard InChI is InChI=1S/C19H25N3O/c1-13(2)21-11-18(20-12-21)19(23)22-10-17(9-15(22)4)16-7-5-14(3)6-8-16/h5-8,11-13,15,17H,9-10H2,1-4H3/t15-,17-/m0/s1. The Labute approximate surface area is 138 Å². The molecule has 2 heterocycles. The van der Waals surface area contributed by atoms with Crippen LogP contribution in [0.1, 0.15) is 60.8 Å². The Hall–Kier alpha value is -2.10. The Balaban J connectivity index is 1.75. The Kier molecular flexibility index (Phi) is 4.24. The molecule has 2 atom stereocenters. The maximum Gasteiger partial charge on any atom is 0.274 e. The van der Waals surface area contributed by atoms with E-state index in [2.05, 4.69) is 56.9 Å². The van der Waals surface area contributed by atoms with Crippen LogP contribution in [0.4, 0.5) is 0 Å². The first-order valence-electron chi connectivity index (χ1n) is 8.36. The summed E-state index contributed by atoms with van der Waals surface area (Å²) in [6.07, 6.45) is 4.62. The first-order valence-corrected chi connectivity index (χ1v) is 8.36. The van der Waals surface area contributed by atoms with E-state index in [-0.39, 0.29) is 11.9 Å². The molecule has 1 fully saturated rings. The van der Waals surface area contributed by atoms with E-state index in [0.29, 0.717) is 17.7 Å². The van der Waals surface area contributed by atoms with Crippen LogP contribution in [0.5, 0.6) is 0 Å². The smallest absolute Gasteiger partial charge is 0.274 e. The summed E-state index contributed by atoms with van der Waals surface area (Å²) in [6.45, 7) is 9.18. The molecule has 2 aromatic rings. The molecule has 1 amide bonds. The van der Waals surface area contributed by atoms with Crippen molar-refractivity contribution in [2.75, 3.05) is 6.54 Å². The lowest BCUT2D eigenvalue weighted by Gasteiger charge is -2.20. The number of benzene rings is 1. The molecule has 3 rings (SSSR count). The number of likely N-dealkylation sites (tertiary alicyclic amines) is 1. The molecule has 1 saturated heterocycles. The number of aryl methyl sites for hydroxylation is 1. The fourth-order valence-electron chi connectivity index (χ4n) is 3.27. The maximum atomic E-state index is 12.8. The number of rotatable bonds is 3. The molecule has 0 bridgehead atoms. The van der Waals surface area contributed by atoms with Crippen LogP contribution in [0.25, 0.3) is 0 Å². The first kappa shape index (κ1) is 15.8. The molecule has 0 aliphatic carbocycles. The molecule has 0 saturated carbocycles. The van der Waals surface area contributed by atoms with E-state index in [1.54, 1.807) is 6.33 Å². The van der Waals surface area contributed by atoms with E-state index < -0.39 is 0 Å². The van der Waals surface area contributed by atoms with Crippen LogP contribution in [0, 0.1) is 6.92 Å². The van der Waals surface area contributed by atoms with Gasteiger partial charge in [0.15, 0.2) is 0 Å². The van der Waals surface area contributed by atoms with Gasteiger partial charge in [-0.15, -0.1) is 0 Å². The lowest BCUT2D eigenvalue weighted by atomic mass is 9.96. The highest BCUT2D eigenvalue weighted by atomic mass is 16.2. The van der Waals surface area contributed by atoms with E-state index in [1.807, 2.05) is 15.7 Å². The van der Waals surface area contributed by atoms with Crippen molar-refractivity contribution >= 4 is 5.91 Å². The zero-order valence-corrected chi connectivity index (χ0v) is 14.4. The molecule has 122 valence electrons. The van der Waals surface area contributed by atoms with E-state index in [0.717, 1.165) is 13.0 Å². The summed E-state index contributed by atoms with van der Waals surface area (Å²) in [5.41, 5.74) is 3.15. The molecule has 0 radical (unpaired) electrons. The predicted molar refractivity (Wildman–Crippen MR) is 91.6 cm³/mol. The minimum atomic E-state index is 0.0477. The molecule has 4 heteroatoms. The second-order valence-corrected chi connectivity index (χ2v) is 6.95. The molecule has 1 aromatic carbocycles. The molecular formula is C19H25N3O. The summed E-state index contributed by atoms with van der Waals surface area (Å²) in [6, 6.07) is 9.24. The SMILES string of the molecule is Cc1ccc([C@H]2C[C@H](C)N(C(=O)c3cn(C(C)C)cn3)C2)cc1. The van der Waals surface area contributed by atoms with E-state index >= 15 is 0 Å². The average Bonchev–Trinajstić information content (AvgIpc) is 3.14. The molecule has 1 aromatic heterocycles. The predicted octanol–water partition coefficient (Wildman–Crippen LogP) is 3.79. The van der Waals surface area contributed by atoms with E-state index in [4.69, 9.17) is 0 Å². The second kappa shape index (κ2) is 6.19. The van der Waals surface area contributed by atoms with Gasteiger partial charge in [-0.1, -0.05) is 29.8 Å². The van der Waals surface area contributed by atoms with Crippen molar-refractivity contribution in [1.82, 2.24) is 14.5 Å². The van der Waals surface area contributed by atoms with Gasteiger partial charge >= 0.3 is 0 Å². The topological polar surface area (TPSA) is 38.1 Å². The Morgan fingerprint density at radius 1 is 1.26 bits per heavy atom. The van der Waals surface area contributed by atoms with Crippen molar-refractivity contribution in [1.29, 1.82) is 0 Å². The third-order valence-electron chi connectivity index (χ3n) is 4.80. The van der Waals surface area contributed by atoms with Crippen LogP contribution in [0.3, 0.4) is 0 Å². The van der Waals surface area contributed by atoms with Crippen LogP contribution in [-0.4, -0.2) is 32.9 Å². The Bertz CT molecular complexity index is 687. The number of amides is 1. The van der Waals surface area contributed by atoms with Crippen molar-refractivity contribution in [3.8, 4) is 0 Å². The van der Waals surface area contributed by atoms with Gasteiger partial charge in [0, 0.05) is 30.7 Å². The van der Waals surface area contributed by atoms with Crippen LogP contribution in [0.15, 0.2) is 36.8 Å². The normalized spacial score (nSPS) is 21.2. The second-order valence-electron chi connectivity index (χ2n) is 6.95. The summed E-state index contributed by atoms with van der Waals surface area (Å²) in [7, 11) is 0. The molecule has 23 heavy (non-hydrogen) atoms. The van der Waals surface area contributed by atoms with Gasteiger partial charge in [-0.2, -0.15) is 0 Å². The quantitative estimate of drug-likeness (QED) is 0.865. The van der Waals surface area contributed by atoms with Crippen molar-refractivity contribution < 1.29 is 4.79 Å². The van der Waals surface area contributed by atoms with Gasteiger partial charge in [0.2, 0.25) is 0 Å². The Morgan fingerprint density at radius 2 is 1.96 bits per heavy atom. The summed E-state index contributed by atoms with van der Waals surface area (Å²) >= 11 is 0. The molecular weight excluding hydrogens is 286 g/mol. The lowest BCUT2D eigenvalue weighted by Crippen LogP contribution is -2.34. The summed E-state index contributed by atoms with van der Waals surface area (Å²) in [5.74, 6) is 0.466. The minimum absolute atomic E-state index is 0.0477. The van der Waals surface area contributed by atoms with E-state index in [1.165, 1.54) is 11.1 Å².